The molecule has 90 valence electrons. The monoisotopic (exact) mass is 232 g/mol. The Labute approximate surface area is 101 Å². The molecule has 1 heterocycles. The molecule has 0 amide bonds. The summed E-state index contributed by atoms with van der Waals surface area (Å²) < 4.78 is 10.6. The van der Waals surface area contributed by atoms with Gasteiger partial charge in [-0.15, -0.1) is 0 Å². The van der Waals surface area contributed by atoms with E-state index < -0.39 is 0 Å². The molecule has 0 unspecified atom stereocenters. The van der Waals surface area contributed by atoms with E-state index in [-0.39, 0.29) is 0 Å². The summed E-state index contributed by atoms with van der Waals surface area (Å²) in [5.41, 5.74) is 1.63. The van der Waals surface area contributed by atoms with Crippen LogP contribution >= 0.6 is 0 Å². The molecule has 0 saturated carbocycles. The first kappa shape index (κ1) is 11.7. The van der Waals surface area contributed by atoms with Crippen LogP contribution in [0.3, 0.4) is 0 Å². The minimum atomic E-state index is 0.688. The molecule has 0 aliphatic carbocycles. The van der Waals surface area contributed by atoms with Crippen molar-refractivity contribution in [1.82, 2.24) is 0 Å². The van der Waals surface area contributed by atoms with Crippen molar-refractivity contribution in [2.45, 2.75) is 6.42 Å². The zero-order chi connectivity index (χ0) is 12.1. The summed E-state index contributed by atoms with van der Waals surface area (Å²) in [6.45, 7) is 3.24. The van der Waals surface area contributed by atoms with Crippen molar-refractivity contribution in [2.24, 2.45) is 0 Å². The molecule has 17 heavy (non-hydrogen) atoms. The molecule has 1 aromatic rings. The van der Waals surface area contributed by atoms with Gasteiger partial charge in [0.05, 0.1) is 25.0 Å². The standard InChI is InChI=1S/C13H16N2O2/c1-16-12-4-3-11(10-14)13(9-12)15-5-2-7-17-8-6-15/h3-4,9H,2,5-8H2,1H3. The van der Waals surface area contributed by atoms with Gasteiger partial charge in [-0.25, -0.2) is 0 Å². The first-order chi connectivity index (χ1) is 8.35. The lowest BCUT2D eigenvalue weighted by molar-refractivity contribution is 0.152. The van der Waals surface area contributed by atoms with Crippen LogP contribution in [0.25, 0.3) is 0 Å². The molecule has 1 saturated heterocycles. The number of hydrogen-bond donors (Lipinski definition) is 0. The highest BCUT2D eigenvalue weighted by Gasteiger charge is 2.14. The number of nitriles is 1. The second kappa shape index (κ2) is 5.55. The van der Waals surface area contributed by atoms with Gasteiger partial charge in [0.15, 0.2) is 0 Å². The topological polar surface area (TPSA) is 45.5 Å². The molecule has 0 aromatic heterocycles. The molecule has 1 fully saturated rings. The third kappa shape index (κ3) is 2.69. The van der Waals surface area contributed by atoms with Crippen LogP contribution in [-0.4, -0.2) is 33.4 Å². The largest absolute Gasteiger partial charge is 0.497 e. The first-order valence-electron chi connectivity index (χ1n) is 5.76. The Balaban J connectivity index is 2.30. The van der Waals surface area contributed by atoms with Gasteiger partial charge in [-0.05, 0) is 18.6 Å². The molecule has 1 aromatic carbocycles. The molecular weight excluding hydrogens is 216 g/mol. The van der Waals surface area contributed by atoms with Crippen molar-refractivity contribution in [2.75, 3.05) is 38.3 Å². The summed E-state index contributed by atoms with van der Waals surface area (Å²) in [5.74, 6) is 0.782. The molecular formula is C13H16N2O2. The second-order valence-corrected chi connectivity index (χ2v) is 3.95. The normalized spacial score (nSPS) is 16.1. The maximum absolute atomic E-state index is 9.13. The van der Waals surface area contributed by atoms with E-state index in [1.165, 1.54) is 0 Å². The highest BCUT2D eigenvalue weighted by Crippen LogP contribution is 2.26. The minimum Gasteiger partial charge on any atom is -0.497 e. The predicted molar refractivity (Wildman–Crippen MR) is 65.4 cm³/mol. The van der Waals surface area contributed by atoms with Crippen molar-refractivity contribution in [3.05, 3.63) is 23.8 Å². The van der Waals surface area contributed by atoms with E-state index in [0.29, 0.717) is 12.2 Å². The van der Waals surface area contributed by atoms with Gasteiger partial charge in [-0.1, -0.05) is 0 Å². The second-order valence-electron chi connectivity index (χ2n) is 3.95. The predicted octanol–water partition coefficient (Wildman–Crippen LogP) is 1.79. The number of hydrogen-bond acceptors (Lipinski definition) is 4. The van der Waals surface area contributed by atoms with Crippen LogP contribution in [0.5, 0.6) is 5.75 Å². The number of ether oxygens (including phenoxy) is 2. The third-order valence-electron chi connectivity index (χ3n) is 2.89. The molecule has 4 nitrogen and oxygen atoms in total. The summed E-state index contributed by atoms with van der Waals surface area (Å²) in [5, 5.41) is 9.13. The van der Waals surface area contributed by atoms with E-state index in [4.69, 9.17) is 14.7 Å². The van der Waals surface area contributed by atoms with Gasteiger partial charge in [0.25, 0.3) is 0 Å². The molecule has 2 rings (SSSR count). The number of benzene rings is 1. The average molecular weight is 232 g/mol. The van der Waals surface area contributed by atoms with Crippen LogP contribution in [0.2, 0.25) is 0 Å². The summed E-state index contributed by atoms with van der Waals surface area (Å²) in [6, 6.07) is 7.77. The van der Waals surface area contributed by atoms with Gasteiger partial charge in [0, 0.05) is 25.8 Å². The molecule has 1 aliphatic heterocycles. The van der Waals surface area contributed by atoms with Crippen LogP contribution in [0.1, 0.15) is 12.0 Å². The Morgan fingerprint density at radius 1 is 1.35 bits per heavy atom. The molecule has 0 radical (unpaired) electrons. The average Bonchev–Trinajstić information content (AvgIpc) is 2.66. The Bertz CT molecular complexity index is 418. The molecule has 1 aliphatic rings. The van der Waals surface area contributed by atoms with Crippen molar-refractivity contribution in [1.29, 1.82) is 5.26 Å². The Morgan fingerprint density at radius 2 is 2.24 bits per heavy atom. The van der Waals surface area contributed by atoms with E-state index in [9.17, 15) is 0 Å². The zero-order valence-electron chi connectivity index (χ0n) is 9.98. The lowest BCUT2D eigenvalue weighted by Gasteiger charge is -2.23. The van der Waals surface area contributed by atoms with Crippen molar-refractivity contribution < 1.29 is 9.47 Å². The van der Waals surface area contributed by atoms with Crippen molar-refractivity contribution >= 4 is 5.69 Å². The number of methoxy groups -OCH3 is 1. The minimum absolute atomic E-state index is 0.688. The summed E-state index contributed by atoms with van der Waals surface area (Å²) in [6.07, 6.45) is 0.988. The highest BCUT2D eigenvalue weighted by atomic mass is 16.5. The summed E-state index contributed by atoms with van der Waals surface area (Å²) in [4.78, 5) is 2.19. The molecule has 0 atom stereocenters. The maximum atomic E-state index is 9.13. The maximum Gasteiger partial charge on any atom is 0.121 e. The zero-order valence-corrected chi connectivity index (χ0v) is 9.98. The van der Waals surface area contributed by atoms with E-state index in [0.717, 1.165) is 37.6 Å². The number of rotatable bonds is 2. The van der Waals surface area contributed by atoms with Crippen molar-refractivity contribution in [3.8, 4) is 11.8 Å². The van der Waals surface area contributed by atoms with Crippen LogP contribution in [0, 0.1) is 11.3 Å². The Kier molecular flexibility index (Phi) is 3.84. The fourth-order valence-electron chi connectivity index (χ4n) is 1.98. The smallest absolute Gasteiger partial charge is 0.121 e. The van der Waals surface area contributed by atoms with Gasteiger partial charge in [0.1, 0.15) is 11.8 Å². The Morgan fingerprint density at radius 3 is 3.00 bits per heavy atom. The SMILES string of the molecule is COc1ccc(C#N)c(N2CCCOCC2)c1. The van der Waals surface area contributed by atoms with Crippen molar-refractivity contribution in [3.63, 3.8) is 0 Å². The van der Waals surface area contributed by atoms with Crippen LogP contribution < -0.4 is 9.64 Å². The third-order valence-corrected chi connectivity index (χ3v) is 2.89. The van der Waals surface area contributed by atoms with Crippen LogP contribution in [0.4, 0.5) is 5.69 Å². The molecule has 4 heteroatoms. The molecule has 0 bridgehead atoms. The van der Waals surface area contributed by atoms with E-state index in [2.05, 4.69) is 11.0 Å². The summed E-state index contributed by atoms with van der Waals surface area (Å²) >= 11 is 0. The quantitative estimate of drug-likeness (QED) is 0.780. The van der Waals surface area contributed by atoms with Crippen LogP contribution in [0.15, 0.2) is 18.2 Å². The first-order valence-corrected chi connectivity index (χ1v) is 5.76. The van der Waals surface area contributed by atoms with Gasteiger partial charge < -0.3 is 14.4 Å². The van der Waals surface area contributed by atoms with Gasteiger partial charge in [0.2, 0.25) is 0 Å². The number of anilines is 1. The highest BCUT2D eigenvalue weighted by molar-refractivity contribution is 5.62. The molecule has 0 N–H and O–H groups in total. The molecule has 0 spiro atoms. The van der Waals surface area contributed by atoms with Gasteiger partial charge in [-0.2, -0.15) is 5.26 Å². The fraction of sp³-hybridized carbons (Fsp3) is 0.462. The van der Waals surface area contributed by atoms with Gasteiger partial charge >= 0.3 is 0 Å². The summed E-state index contributed by atoms with van der Waals surface area (Å²) in [7, 11) is 1.64. The lowest BCUT2D eigenvalue weighted by atomic mass is 10.1. The van der Waals surface area contributed by atoms with E-state index in [1.807, 2.05) is 12.1 Å². The Hall–Kier alpha value is -1.73. The van der Waals surface area contributed by atoms with Crippen LogP contribution in [-0.2, 0) is 4.74 Å². The van der Waals surface area contributed by atoms with E-state index >= 15 is 0 Å². The number of nitrogens with zero attached hydrogens (tertiary/aromatic N) is 2. The van der Waals surface area contributed by atoms with Gasteiger partial charge in [-0.3, -0.25) is 0 Å². The lowest BCUT2D eigenvalue weighted by Crippen LogP contribution is -2.26. The van der Waals surface area contributed by atoms with E-state index in [1.54, 1.807) is 13.2 Å². The fourth-order valence-corrected chi connectivity index (χ4v) is 1.98.